The molecule has 1 fully saturated rings. The van der Waals surface area contributed by atoms with Crippen LogP contribution in [-0.4, -0.2) is 36.4 Å². The molecule has 0 bridgehead atoms. The van der Waals surface area contributed by atoms with Crippen LogP contribution in [0.4, 0.5) is 0 Å². The van der Waals surface area contributed by atoms with Crippen molar-refractivity contribution in [2.75, 3.05) is 0 Å². The highest BCUT2D eigenvalue weighted by Crippen LogP contribution is 2.38. The number of aliphatic hydroxyl groups is 1. The van der Waals surface area contributed by atoms with Gasteiger partial charge < -0.3 is 15.4 Å². The van der Waals surface area contributed by atoms with Gasteiger partial charge in [0.25, 0.3) is 0 Å². The van der Waals surface area contributed by atoms with Gasteiger partial charge in [-0.2, -0.15) is 5.10 Å². The summed E-state index contributed by atoms with van der Waals surface area (Å²) in [6.07, 6.45) is 4.88. The van der Waals surface area contributed by atoms with Gasteiger partial charge in [-0.25, -0.2) is 4.79 Å². The lowest BCUT2D eigenvalue weighted by Gasteiger charge is -2.37. The third kappa shape index (κ3) is 3.52. The highest BCUT2D eigenvalue weighted by atomic mass is 16.3. The van der Waals surface area contributed by atoms with E-state index >= 15 is 0 Å². The van der Waals surface area contributed by atoms with Gasteiger partial charge in [0.2, 0.25) is 5.91 Å². The second-order valence-corrected chi connectivity index (χ2v) is 7.23. The number of benzene rings is 1. The van der Waals surface area contributed by atoms with Crippen LogP contribution in [0.3, 0.4) is 0 Å². The smallest absolute Gasteiger partial charge is 0.326 e. The van der Waals surface area contributed by atoms with Crippen LogP contribution in [0.5, 0.6) is 0 Å². The molecule has 2 heterocycles. The first-order valence-electron chi connectivity index (χ1n) is 9.15. The summed E-state index contributed by atoms with van der Waals surface area (Å²) in [6.45, 7) is 0.307. The molecule has 0 saturated heterocycles. The molecular weight excluding hydrogens is 346 g/mol. The van der Waals surface area contributed by atoms with Crippen molar-refractivity contribution in [1.82, 2.24) is 24.6 Å². The molecule has 142 valence electrons. The van der Waals surface area contributed by atoms with Crippen molar-refractivity contribution >= 4 is 16.9 Å². The lowest BCUT2D eigenvalue weighted by molar-refractivity contribution is -0.123. The molecule has 4 rings (SSSR count). The lowest BCUT2D eigenvalue weighted by Crippen LogP contribution is -2.41. The number of fused-ring (bicyclic) bond motifs is 1. The van der Waals surface area contributed by atoms with Gasteiger partial charge in [-0.3, -0.25) is 14.0 Å². The molecule has 0 aliphatic heterocycles. The third-order valence-corrected chi connectivity index (χ3v) is 5.27. The Morgan fingerprint density at radius 3 is 2.89 bits per heavy atom. The maximum Gasteiger partial charge on any atom is 0.326 e. The van der Waals surface area contributed by atoms with Crippen molar-refractivity contribution in [2.45, 2.75) is 38.0 Å². The SMILES string of the molecule is Cn1cc([C@@H](NC(=O)CCn2c(=O)[nH]c3ccccc32)C2CC(O)C2)cn1. The van der Waals surface area contributed by atoms with Crippen molar-refractivity contribution in [3.8, 4) is 0 Å². The van der Waals surface area contributed by atoms with E-state index in [1.807, 2.05) is 37.5 Å². The first kappa shape index (κ1) is 17.5. The minimum atomic E-state index is -0.295. The Morgan fingerprint density at radius 2 is 2.19 bits per heavy atom. The monoisotopic (exact) mass is 369 g/mol. The van der Waals surface area contributed by atoms with Crippen molar-refractivity contribution < 1.29 is 9.90 Å². The summed E-state index contributed by atoms with van der Waals surface area (Å²) in [5.41, 5.74) is 2.28. The Morgan fingerprint density at radius 1 is 1.41 bits per heavy atom. The number of carbonyl (C=O) groups excluding carboxylic acids is 1. The normalized spacial score (nSPS) is 20.4. The van der Waals surface area contributed by atoms with Crippen molar-refractivity contribution in [3.05, 3.63) is 52.7 Å². The number of amides is 1. The zero-order chi connectivity index (χ0) is 19.0. The van der Waals surface area contributed by atoms with Gasteiger partial charge in [-0.15, -0.1) is 0 Å². The predicted octanol–water partition coefficient (Wildman–Crippen LogP) is 1.08. The van der Waals surface area contributed by atoms with Crippen molar-refractivity contribution in [3.63, 3.8) is 0 Å². The molecule has 3 aromatic rings. The van der Waals surface area contributed by atoms with E-state index in [-0.39, 0.29) is 36.1 Å². The second kappa shape index (κ2) is 7.03. The highest BCUT2D eigenvalue weighted by molar-refractivity contribution is 5.77. The molecule has 1 atom stereocenters. The molecule has 1 aliphatic carbocycles. The van der Waals surface area contributed by atoms with Gasteiger partial charge in [0, 0.05) is 31.8 Å². The average Bonchev–Trinajstić information content (AvgIpc) is 3.18. The fourth-order valence-electron chi connectivity index (χ4n) is 3.76. The summed E-state index contributed by atoms with van der Waals surface area (Å²) in [4.78, 5) is 27.5. The Hall–Kier alpha value is -2.87. The zero-order valence-electron chi connectivity index (χ0n) is 15.1. The molecule has 1 saturated carbocycles. The minimum Gasteiger partial charge on any atom is -0.393 e. The van der Waals surface area contributed by atoms with Gasteiger partial charge in [0.15, 0.2) is 0 Å². The van der Waals surface area contributed by atoms with Crippen LogP contribution in [0.1, 0.15) is 30.9 Å². The number of para-hydroxylation sites is 2. The standard InChI is InChI=1S/C19H23N5O3/c1-23-11-13(10-20-23)18(12-8-14(25)9-12)22-17(26)6-7-24-16-5-3-2-4-15(16)21-19(24)27/h2-5,10-12,14,18,25H,6-9H2,1H3,(H,21,27)(H,22,26)/t12?,14?,18-/m0/s1. The average molecular weight is 369 g/mol. The number of nitrogens with one attached hydrogen (secondary N) is 2. The molecule has 1 aliphatic rings. The number of rotatable bonds is 6. The third-order valence-electron chi connectivity index (χ3n) is 5.27. The maximum absolute atomic E-state index is 12.6. The van der Waals surface area contributed by atoms with Crippen LogP contribution < -0.4 is 11.0 Å². The fraction of sp³-hybridized carbons (Fsp3) is 0.421. The van der Waals surface area contributed by atoms with E-state index in [0.717, 1.165) is 16.6 Å². The van der Waals surface area contributed by atoms with E-state index in [4.69, 9.17) is 0 Å². The Kier molecular flexibility index (Phi) is 4.57. The van der Waals surface area contributed by atoms with Gasteiger partial charge in [-0.1, -0.05) is 12.1 Å². The number of aryl methyl sites for hydroxylation is 2. The summed E-state index contributed by atoms with van der Waals surface area (Å²) in [7, 11) is 1.83. The van der Waals surface area contributed by atoms with E-state index in [9.17, 15) is 14.7 Å². The Bertz CT molecular complexity index is 1010. The number of carbonyl (C=O) groups is 1. The van der Waals surface area contributed by atoms with Crippen LogP contribution >= 0.6 is 0 Å². The summed E-state index contributed by atoms with van der Waals surface area (Å²) in [5.74, 6) is 0.0754. The number of aliphatic hydroxyl groups excluding tert-OH is 1. The molecule has 0 spiro atoms. The molecule has 1 amide bonds. The molecular formula is C19H23N5O3. The summed E-state index contributed by atoms with van der Waals surface area (Å²) >= 11 is 0. The highest BCUT2D eigenvalue weighted by Gasteiger charge is 2.36. The number of H-pyrrole nitrogens is 1. The molecule has 27 heavy (non-hydrogen) atoms. The van der Waals surface area contributed by atoms with Gasteiger partial charge >= 0.3 is 5.69 Å². The number of aromatic amines is 1. The molecule has 8 nitrogen and oxygen atoms in total. The fourth-order valence-corrected chi connectivity index (χ4v) is 3.76. The van der Waals surface area contributed by atoms with Crippen LogP contribution in [0, 0.1) is 5.92 Å². The van der Waals surface area contributed by atoms with Gasteiger partial charge in [0.05, 0.1) is 29.4 Å². The topological polar surface area (TPSA) is 105 Å². The first-order valence-corrected chi connectivity index (χ1v) is 9.15. The predicted molar refractivity (Wildman–Crippen MR) is 100.0 cm³/mol. The molecule has 3 N–H and O–H groups in total. The van der Waals surface area contributed by atoms with Gasteiger partial charge in [0.1, 0.15) is 0 Å². The molecule has 0 unspecified atom stereocenters. The molecule has 2 aromatic heterocycles. The second-order valence-electron chi connectivity index (χ2n) is 7.23. The quantitative estimate of drug-likeness (QED) is 0.605. The summed E-state index contributed by atoms with van der Waals surface area (Å²) in [5, 5.41) is 16.9. The number of aromatic nitrogens is 4. The minimum absolute atomic E-state index is 0.123. The number of imidazole rings is 1. The van der Waals surface area contributed by atoms with Gasteiger partial charge in [-0.05, 0) is 30.9 Å². The Balaban J connectivity index is 1.45. The largest absolute Gasteiger partial charge is 0.393 e. The molecule has 1 aromatic carbocycles. The van der Waals surface area contributed by atoms with Crippen LogP contribution in [0.2, 0.25) is 0 Å². The van der Waals surface area contributed by atoms with E-state index in [1.54, 1.807) is 15.4 Å². The van der Waals surface area contributed by atoms with Crippen LogP contribution in [0.15, 0.2) is 41.5 Å². The van der Waals surface area contributed by atoms with Crippen molar-refractivity contribution in [2.24, 2.45) is 13.0 Å². The van der Waals surface area contributed by atoms with Crippen molar-refractivity contribution in [1.29, 1.82) is 0 Å². The van der Waals surface area contributed by atoms with Crippen LogP contribution in [0.25, 0.3) is 11.0 Å². The van der Waals surface area contributed by atoms with E-state index in [0.29, 0.717) is 19.4 Å². The number of nitrogens with zero attached hydrogens (tertiary/aromatic N) is 3. The zero-order valence-corrected chi connectivity index (χ0v) is 15.1. The molecule has 8 heteroatoms. The summed E-state index contributed by atoms with van der Waals surface area (Å²) in [6, 6.07) is 7.26. The maximum atomic E-state index is 12.6. The number of hydrogen-bond donors (Lipinski definition) is 3. The van der Waals surface area contributed by atoms with Crippen LogP contribution in [-0.2, 0) is 18.4 Å². The lowest BCUT2D eigenvalue weighted by atomic mass is 9.75. The van der Waals surface area contributed by atoms with E-state index < -0.39 is 0 Å². The summed E-state index contributed by atoms with van der Waals surface area (Å²) < 4.78 is 3.29. The van der Waals surface area contributed by atoms with E-state index in [2.05, 4.69) is 15.4 Å². The number of hydrogen-bond acceptors (Lipinski definition) is 4. The first-order chi connectivity index (χ1) is 13.0. The Labute approximate surface area is 155 Å². The van der Waals surface area contributed by atoms with E-state index in [1.165, 1.54) is 0 Å². The molecule has 0 radical (unpaired) electrons.